The fourth-order valence-corrected chi connectivity index (χ4v) is 2.05. The van der Waals surface area contributed by atoms with Crippen molar-refractivity contribution in [1.82, 2.24) is 5.16 Å². The van der Waals surface area contributed by atoms with Crippen LogP contribution in [-0.2, 0) is 16.1 Å². The minimum Gasteiger partial charge on any atom is -0.456 e. The summed E-state index contributed by atoms with van der Waals surface area (Å²) < 4.78 is 23.2. The average molecular weight is 323 g/mol. The molecule has 1 aromatic heterocycles. The van der Waals surface area contributed by atoms with Crippen LogP contribution in [0.1, 0.15) is 11.3 Å². The molecule has 3 aromatic rings. The first kappa shape index (κ1) is 15.7. The number of aromatic nitrogens is 1. The van der Waals surface area contributed by atoms with Gasteiger partial charge in [-0.15, -0.1) is 0 Å². The predicted molar refractivity (Wildman–Crippen MR) is 87.2 cm³/mol. The van der Waals surface area contributed by atoms with E-state index in [9.17, 15) is 9.18 Å². The van der Waals surface area contributed by atoms with E-state index in [1.54, 1.807) is 24.3 Å². The lowest BCUT2D eigenvalue weighted by Crippen LogP contribution is -2.00. The van der Waals surface area contributed by atoms with E-state index < -0.39 is 5.97 Å². The first-order chi connectivity index (χ1) is 11.7. The highest BCUT2D eigenvalue weighted by Crippen LogP contribution is 2.20. The Morgan fingerprint density at radius 1 is 1.12 bits per heavy atom. The van der Waals surface area contributed by atoms with Crippen LogP contribution in [0.4, 0.5) is 4.39 Å². The number of hydrogen-bond donors (Lipinski definition) is 0. The van der Waals surface area contributed by atoms with Crippen molar-refractivity contribution in [3.63, 3.8) is 0 Å². The Balaban J connectivity index is 1.56. The number of ether oxygens (including phenoxy) is 1. The molecule has 4 nitrogen and oxygen atoms in total. The van der Waals surface area contributed by atoms with Crippen LogP contribution in [0.25, 0.3) is 17.4 Å². The summed E-state index contributed by atoms with van der Waals surface area (Å²) in [5, 5.41) is 3.84. The maximum absolute atomic E-state index is 12.9. The minimum absolute atomic E-state index is 0.00264. The second-order valence-corrected chi connectivity index (χ2v) is 5.04. The molecule has 0 radical (unpaired) electrons. The molecule has 0 fully saturated rings. The molecule has 0 unspecified atom stereocenters. The molecule has 120 valence electrons. The van der Waals surface area contributed by atoms with Crippen LogP contribution in [0.3, 0.4) is 0 Å². The van der Waals surface area contributed by atoms with Gasteiger partial charge in [0, 0.05) is 17.7 Å². The van der Waals surface area contributed by atoms with Gasteiger partial charge < -0.3 is 9.26 Å². The number of carbonyl (C=O) groups is 1. The standard InChI is InChI=1S/C19H14FNO3/c20-16-9-7-15(8-10-16)18-12-17(21-24-18)13-23-19(22)11-6-14-4-2-1-3-5-14/h1-12H,13H2. The van der Waals surface area contributed by atoms with Crippen molar-refractivity contribution in [2.75, 3.05) is 0 Å². The molecule has 0 saturated carbocycles. The maximum Gasteiger partial charge on any atom is 0.331 e. The van der Waals surface area contributed by atoms with Crippen LogP contribution in [0, 0.1) is 5.82 Å². The fourth-order valence-electron chi connectivity index (χ4n) is 2.05. The normalized spacial score (nSPS) is 10.9. The quantitative estimate of drug-likeness (QED) is 0.520. The maximum atomic E-state index is 12.9. The van der Waals surface area contributed by atoms with Crippen LogP contribution < -0.4 is 0 Å². The molecule has 24 heavy (non-hydrogen) atoms. The van der Waals surface area contributed by atoms with E-state index in [0.29, 0.717) is 17.0 Å². The van der Waals surface area contributed by atoms with Gasteiger partial charge in [0.2, 0.25) is 0 Å². The molecule has 0 N–H and O–H groups in total. The van der Waals surface area contributed by atoms with E-state index >= 15 is 0 Å². The molecule has 0 aliphatic heterocycles. The summed E-state index contributed by atoms with van der Waals surface area (Å²) in [4.78, 5) is 11.7. The van der Waals surface area contributed by atoms with Gasteiger partial charge in [-0.1, -0.05) is 35.5 Å². The Labute approximate surface area is 138 Å². The van der Waals surface area contributed by atoms with E-state index in [4.69, 9.17) is 9.26 Å². The third-order valence-corrected chi connectivity index (χ3v) is 3.26. The number of rotatable bonds is 5. The van der Waals surface area contributed by atoms with Crippen molar-refractivity contribution in [2.24, 2.45) is 0 Å². The summed E-state index contributed by atoms with van der Waals surface area (Å²) in [5.41, 5.74) is 2.09. The summed E-state index contributed by atoms with van der Waals surface area (Å²) in [6, 6.07) is 17.0. The molecule has 2 aromatic carbocycles. The third kappa shape index (κ3) is 4.16. The van der Waals surface area contributed by atoms with Gasteiger partial charge in [0.05, 0.1) is 0 Å². The third-order valence-electron chi connectivity index (χ3n) is 3.26. The van der Waals surface area contributed by atoms with Crippen molar-refractivity contribution >= 4 is 12.0 Å². The lowest BCUT2D eigenvalue weighted by Gasteiger charge is -1.97. The second-order valence-electron chi connectivity index (χ2n) is 5.04. The Bertz CT molecular complexity index is 839. The molecule has 1 heterocycles. The monoisotopic (exact) mass is 323 g/mol. The van der Waals surface area contributed by atoms with Crippen LogP contribution in [-0.4, -0.2) is 11.1 Å². The molecule has 0 spiro atoms. The zero-order chi connectivity index (χ0) is 16.8. The van der Waals surface area contributed by atoms with Gasteiger partial charge in [0.25, 0.3) is 0 Å². The molecule has 0 atom stereocenters. The number of carbonyl (C=O) groups excluding carboxylic acids is 1. The van der Waals surface area contributed by atoms with E-state index in [1.165, 1.54) is 18.2 Å². The van der Waals surface area contributed by atoms with Crippen molar-refractivity contribution in [2.45, 2.75) is 6.61 Å². The van der Waals surface area contributed by atoms with Crippen LogP contribution in [0.15, 0.2) is 71.3 Å². The first-order valence-electron chi connectivity index (χ1n) is 7.32. The Morgan fingerprint density at radius 2 is 1.88 bits per heavy atom. The van der Waals surface area contributed by atoms with Crippen molar-refractivity contribution in [1.29, 1.82) is 0 Å². The fraction of sp³-hybridized carbons (Fsp3) is 0.0526. The van der Waals surface area contributed by atoms with Gasteiger partial charge in [-0.05, 0) is 35.9 Å². The smallest absolute Gasteiger partial charge is 0.331 e. The van der Waals surface area contributed by atoms with Gasteiger partial charge >= 0.3 is 5.97 Å². The van der Waals surface area contributed by atoms with Gasteiger partial charge in [-0.25, -0.2) is 9.18 Å². The second kappa shape index (κ2) is 7.37. The highest BCUT2D eigenvalue weighted by molar-refractivity contribution is 5.87. The Kier molecular flexibility index (Phi) is 4.81. The minimum atomic E-state index is -0.467. The van der Waals surface area contributed by atoms with Crippen LogP contribution >= 0.6 is 0 Å². The van der Waals surface area contributed by atoms with Crippen molar-refractivity contribution in [3.8, 4) is 11.3 Å². The van der Waals surface area contributed by atoms with Gasteiger partial charge in [0.1, 0.15) is 18.1 Å². The summed E-state index contributed by atoms with van der Waals surface area (Å²) in [7, 11) is 0. The highest BCUT2D eigenvalue weighted by Gasteiger charge is 2.08. The molecular formula is C19H14FNO3. The SMILES string of the molecule is O=C(C=Cc1ccccc1)OCc1cc(-c2ccc(F)cc2)on1. The summed E-state index contributed by atoms with van der Waals surface area (Å²) in [6.45, 7) is 0.00264. The number of hydrogen-bond acceptors (Lipinski definition) is 4. The molecule has 0 aliphatic carbocycles. The largest absolute Gasteiger partial charge is 0.456 e. The Morgan fingerprint density at radius 3 is 2.62 bits per heavy atom. The number of halogens is 1. The molecule has 0 bridgehead atoms. The summed E-state index contributed by atoms with van der Waals surface area (Å²) in [5.74, 6) is -0.302. The van der Waals surface area contributed by atoms with Crippen LogP contribution in [0.2, 0.25) is 0 Å². The number of benzene rings is 2. The first-order valence-corrected chi connectivity index (χ1v) is 7.32. The van der Waals surface area contributed by atoms with E-state index in [2.05, 4.69) is 5.16 Å². The number of nitrogens with zero attached hydrogens (tertiary/aromatic N) is 1. The zero-order valence-corrected chi connectivity index (χ0v) is 12.7. The van der Waals surface area contributed by atoms with E-state index in [1.807, 2.05) is 30.3 Å². The van der Waals surface area contributed by atoms with Crippen LogP contribution in [0.5, 0.6) is 0 Å². The van der Waals surface area contributed by atoms with Gasteiger partial charge in [0.15, 0.2) is 5.76 Å². The topological polar surface area (TPSA) is 52.3 Å². The van der Waals surface area contributed by atoms with Gasteiger partial charge in [-0.3, -0.25) is 0 Å². The summed E-state index contributed by atoms with van der Waals surface area (Å²) >= 11 is 0. The zero-order valence-electron chi connectivity index (χ0n) is 12.7. The van der Waals surface area contributed by atoms with Gasteiger partial charge in [-0.2, -0.15) is 0 Å². The predicted octanol–water partition coefficient (Wildman–Crippen LogP) is 4.24. The lowest BCUT2D eigenvalue weighted by atomic mass is 10.1. The molecule has 0 aliphatic rings. The van der Waals surface area contributed by atoms with E-state index in [0.717, 1.165) is 5.56 Å². The molecular weight excluding hydrogens is 309 g/mol. The van der Waals surface area contributed by atoms with E-state index in [-0.39, 0.29) is 12.4 Å². The molecule has 5 heteroatoms. The average Bonchev–Trinajstić information content (AvgIpc) is 3.09. The lowest BCUT2D eigenvalue weighted by molar-refractivity contribution is -0.139. The molecule has 0 amide bonds. The van der Waals surface area contributed by atoms with Crippen molar-refractivity contribution < 1.29 is 18.4 Å². The molecule has 3 rings (SSSR count). The number of esters is 1. The Hall–Kier alpha value is -3.21. The highest BCUT2D eigenvalue weighted by atomic mass is 19.1. The molecule has 0 saturated heterocycles. The van der Waals surface area contributed by atoms with Crippen molar-refractivity contribution in [3.05, 3.63) is 83.8 Å². The summed E-state index contributed by atoms with van der Waals surface area (Å²) in [6.07, 6.45) is 3.03.